The Labute approximate surface area is 164 Å². The van der Waals surface area contributed by atoms with Crippen molar-refractivity contribution in [1.29, 1.82) is 0 Å². The van der Waals surface area contributed by atoms with E-state index in [9.17, 15) is 13.2 Å². The molecule has 156 valence electrons. The van der Waals surface area contributed by atoms with Crippen molar-refractivity contribution >= 4 is 0 Å². The number of fused-ring (bicyclic) bond motifs is 5. The zero-order valence-electron chi connectivity index (χ0n) is 17.6. The second-order valence-corrected chi connectivity index (χ2v) is 11.1. The Morgan fingerprint density at radius 3 is 2.41 bits per heavy atom. The summed E-state index contributed by atoms with van der Waals surface area (Å²) in [6.07, 6.45) is 8.59. The van der Waals surface area contributed by atoms with E-state index in [1.54, 1.807) is 0 Å². The molecule has 0 aliphatic heterocycles. The molecule has 0 saturated heterocycles. The van der Waals surface area contributed by atoms with Gasteiger partial charge in [-0.25, -0.2) is 0 Å². The Morgan fingerprint density at radius 2 is 1.70 bits per heavy atom. The average Bonchev–Trinajstić information content (AvgIpc) is 2.99. The van der Waals surface area contributed by atoms with Gasteiger partial charge in [0.1, 0.15) is 0 Å². The Morgan fingerprint density at radius 1 is 0.926 bits per heavy atom. The predicted molar refractivity (Wildman–Crippen MR) is 104 cm³/mol. The van der Waals surface area contributed by atoms with Gasteiger partial charge in [-0.15, -0.1) is 0 Å². The highest BCUT2D eigenvalue weighted by molar-refractivity contribution is 5.09. The van der Waals surface area contributed by atoms with Crippen molar-refractivity contribution in [3.8, 4) is 0 Å². The molecule has 4 fully saturated rings. The van der Waals surface area contributed by atoms with Gasteiger partial charge < -0.3 is 0 Å². The quantitative estimate of drug-likeness (QED) is 0.462. The Bertz CT molecular complexity index is 540. The Balaban J connectivity index is 1.54. The average molecular weight is 385 g/mol. The SMILES string of the molecule is CC[C@]12CCC3C(CCC4CC(C)CCC43C)C1CCC2CCC(F)(F)F. The molecule has 0 heterocycles. The summed E-state index contributed by atoms with van der Waals surface area (Å²) in [5.41, 5.74) is 0.733. The van der Waals surface area contributed by atoms with Crippen LogP contribution in [0.2, 0.25) is 0 Å². The number of halogens is 3. The molecule has 0 aromatic heterocycles. The van der Waals surface area contributed by atoms with Crippen molar-refractivity contribution in [3.63, 3.8) is 0 Å². The molecule has 0 spiro atoms. The Hall–Kier alpha value is -0.210. The van der Waals surface area contributed by atoms with Gasteiger partial charge in [0.2, 0.25) is 0 Å². The minimum atomic E-state index is -3.99. The van der Waals surface area contributed by atoms with E-state index in [1.165, 1.54) is 51.4 Å². The van der Waals surface area contributed by atoms with Crippen molar-refractivity contribution in [1.82, 2.24) is 0 Å². The third-order valence-corrected chi connectivity index (χ3v) is 10.3. The summed E-state index contributed by atoms with van der Waals surface area (Å²) in [5, 5.41) is 0. The van der Waals surface area contributed by atoms with Gasteiger partial charge in [-0.05, 0) is 111 Å². The molecule has 4 aliphatic rings. The topological polar surface area (TPSA) is 0 Å². The van der Waals surface area contributed by atoms with Crippen molar-refractivity contribution < 1.29 is 13.2 Å². The molecular weight excluding hydrogens is 345 g/mol. The van der Waals surface area contributed by atoms with Crippen LogP contribution in [-0.2, 0) is 0 Å². The first-order valence-corrected chi connectivity index (χ1v) is 11.8. The van der Waals surface area contributed by atoms with Crippen LogP contribution in [0.5, 0.6) is 0 Å². The molecule has 0 aromatic rings. The first kappa shape index (κ1) is 20.1. The highest BCUT2D eigenvalue weighted by Gasteiger charge is 2.60. The number of alkyl halides is 3. The van der Waals surface area contributed by atoms with E-state index in [0.29, 0.717) is 23.7 Å². The lowest BCUT2D eigenvalue weighted by Crippen LogP contribution is -2.53. The van der Waals surface area contributed by atoms with Crippen LogP contribution in [0.4, 0.5) is 13.2 Å². The summed E-state index contributed by atoms with van der Waals surface area (Å²) in [5.74, 6) is 4.44. The fourth-order valence-corrected chi connectivity index (χ4v) is 8.89. The molecule has 4 saturated carbocycles. The molecule has 0 N–H and O–H groups in total. The maximum atomic E-state index is 12.9. The van der Waals surface area contributed by atoms with Crippen LogP contribution >= 0.6 is 0 Å². The van der Waals surface area contributed by atoms with Crippen molar-refractivity contribution in [2.24, 2.45) is 46.3 Å². The number of hydrogen-bond donors (Lipinski definition) is 0. The van der Waals surface area contributed by atoms with Crippen LogP contribution < -0.4 is 0 Å². The van der Waals surface area contributed by atoms with Crippen molar-refractivity contribution in [3.05, 3.63) is 0 Å². The van der Waals surface area contributed by atoms with Crippen LogP contribution in [0.1, 0.15) is 97.8 Å². The van der Waals surface area contributed by atoms with Gasteiger partial charge in [0.25, 0.3) is 0 Å². The van der Waals surface area contributed by atoms with E-state index in [0.717, 1.165) is 36.5 Å². The standard InChI is InChI=1S/C24H39F3/c1-4-23-13-11-20-19(7-5-18-15-16(2)9-12-22(18,20)3)21(23)8-6-17(23)10-14-24(25,26)27/h16-21H,4-15H2,1-3H3/t16?,17?,18?,19?,20?,21?,22?,23-/m1/s1. The highest BCUT2D eigenvalue weighted by Crippen LogP contribution is 2.69. The third-order valence-electron chi connectivity index (χ3n) is 10.3. The molecular formula is C24H39F3. The molecule has 3 heteroatoms. The van der Waals surface area contributed by atoms with E-state index in [-0.39, 0.29) is 5.41 Å². The molecule has 7 unspecified atom stereocenters. The molecule has 0 amide bonds. The lowest BCUT2D eigenvalue weighted by atomic mass is 9.43. The van der Waals surface area contributed by atoms with Gasteiger partial charge in [-0.3, -0.25) is 0 Å². The fraction of sp³-hybridized carbons (Fsp3) is 1.00. The lowest BCUT2D eigenvalue weighted by molar-refractivity contribution is -0.146. The summed E-state index contributed by atoms with van der Waals surface area (Å²) in [7, 11) is 0. The summed E-state index contributed by atoms with van der Waals surface area (Å²) >= 11 is 0. The fourth-order valence-electron chi connectivity index (χ4n) is 8.89. The smallest absolute Gasteiger partial charge is 0.171 e. The lowest BCUT2D eigenvalue weighted by Gasteiger charge is -2.61. The Kier molecular flexibility index (Phi) is 5.16. The van der Waals surface area contributed by atoms with Crippen LogP contribution in [0, 0.1) is 46.3 Å². The molecule has 8 atom stereocenters. The maximum Gasteiger partial charge on any atom is 0.389 e. The third kappa shape index (κ3) is 3.27. The first-order valence-electron chi connectivity index (χ1n) is 11.8. The summed E-state index contributed by atoms with van der Waals surface area (Å²) in [6.45, 7) is 7.29. The number of hydrogen-bond acceptors (Lipinski definition) is 0. The summed E-state index contributed by atoms with van der Waals surface area (Å²) in [4.78, 5) is 0. The summed E-state index contributed by atoms with van der Waals surface area (Å²) in [6, 6.07) is 0. The molecule has 4 rings (SSSR count). The van der Waals surface area contributed by atoms with Crippen molar-refractivity contribution in [2.45, 2.75) is 104 Å². The largest absolute Gasteiger partial charge is 0.389 e. The van der Waals surface area contributed by atoms with Gasteiger partial charge in [0, 0.05) is 6.42 Å². The van der Waals surface area contributed by atoms with E-state index in [1.807, 2.05) is 0 Å². The minimum absolute atomic E-state index is 0.220. The molecule has 27 heavy (non-hydrogen) atoms. The zero-order chi connectivity index (χ0) is 19.4. The minimum Gasteiger partial charge on any atom is -0.171 e. The van der Waals surface area contributed by atoms with Crippen molar-refractivity contribution in [2.75, 3.05) is 0 Å². The van der Waals surface area contributed by atoms with Gasteiger partial charge >= 0.3 is 6.18 Å². The van der Waals surface area contributed by atoms with Gasteiger partial charge in [-0.1, -0.05) is 27.2 Å². The van der Waals surface area contributed by atoms with E-state index in [4.69, 9.17) is 0 Å². The van der Waals surface area contributed by atoms with Gasteiger partial charge in [-0.2, -0.15) is 13.2 Å². The highest BCUT2D eigenvalue weighted by atomic mass is 19.4. The molecule has 0 bridgehead atoms. The second kappa shape index (κ2) is 6.94. The molecule has 0 aromatic carbocycles. The van der Waals surface area contributed by atoms with Gasteiger partial charge in [0.05, 0.1) is 0 Å². The van der Waals surface area contributed by atoms with Gasteiger partial charge in [0.15, 0.2) is 0 Å². The molecule has 0 nitrogen and oxygen atoms in total. The van der Waals surface area contributed by atoms with E-state index < -0.39 is 12.6 Å². The number of rotatable bonds is 3. The van der Waals surface area contributed by atoms with Crippen LogP contribution in [0.25, 0.3) is 0 Å². The normalized spacial score (nSPS) is 50.0. The van der Waals surface area contributed by atoms with Crippen LogP contribution in [0.15, 0.2) is 0 Å². The van der Waals surface area contributed by atoms with Crippen LogP contribution in [0.3, 0.4) is 0 Å². The molecule has 4 aliphatic carbocycles. The zero-order valence-corrected chi connectivity index (χ0v) is 17.6. The second-order valence-electron chi connectivity index (χ2n) is 11.1. The predicted octanol–water partition coefficient (Wildman–Crippen LogP) is 8.01. The monoisotopic (exact) mass is 384 g/mol. The first-order chi connectivity index (χ1) is 12.7. The van der Waals surface area contributed by atoms with Crippen LogP contribution in [-0.4, -0.2) is 6.18 Å². The van der Waals surface area contributed by atoms with E-state index in [2.05, 4.69) is 20.8 Å². The molecule has 0 radical (unpaired) electrons. The maximum absolute atomic E-state index is 12.9. The van der Waals surface area contributed by atoms with E-state index >= 15 is 0 Å². The summed E-state index contributed by atoms with van der Waals surface area (Å²) < 4.78 is 38.7.